The molecule has 4 rings (SSSR count). The van der Waals surface area contributed by atoms with Crippen molar-refractivity contribution in [3.8, 4) is 0 Å². The van der Waals surface area contributed by atoms with Crippen molar-refractivity contribution in [1.82, 2.24) is 14.7 Å². The molecule has 1 aromatic heterocycles. The van der Waals surface area contributed by atoms with Crippen molar-refractivity contribution in [3.05, 3.63) is 45.6 Å². The van der Waals surface area contributed by atoms with E-state index in [1.165, 1.54) is 0 Å². The summed E-state index contributed by atoms with van der Waals surface area (Å²) < 4.78 is 42.4. The number of alkyl halides is 3. The first-order valence-electron chi connectivity index (χ1n) is 9.81. The SMILES string of the molecule is CC1CCN(C(=O)c2nn3c(c2Cl)N[C@@H](c2ccc(Cl)cc2)C[C@H]3C(F)(F)F)CC1. The first-order chi connectivity index (χ1) is 14.1. The molecule has 0 radical (unpaired) electrons. The number of halogens is 5. The number of fused-ring (bicyclic) bond motifs is 1. The van der Waals surface area contributed by atoms with Crippen LogP contribution in [0.4, 0.5) is 19.0 Å². The molecule has 3 heterocycles. The van der Waals surface area contributed by atoms with E-state index in [-0.39, 0.29) is 23.0 Å². The molecule has 2 aromatic rings. The van der Waals surface area contributed by atoms with E-state index in [2.05, 4.69) is 17.3 Å². The third-order valence-electron chi connectivity index (χ3n) is 5.84. The van der Waals surface area contributed by atoms with Crippen molar-refractivity contribution in [1.29, 1.82) is 0 Å². The molecule has 0 aliphatic carbocycles. The molecule has 162 valence electrons. The molecule has 2 atom stereocenters. The Kier molecular flexibility index (Phi) is 5.66. The zero-order valence-corrected chi connectivity index (χ0v) is 17.7. The molecule has 2 aliphatic heterocycles. The van der Waals surface area contributed by atoms with Crippen LogP contribution in [0, 0.1) is 5.92 Å². The lowest BCUT2D eigenvalue weighted by Gasteiger charge is -2.33. The van der Waals surface area contributed by atoms with Gasteiger partial charge in [-0.15, -0.1) is 0 Å². The number of anilines is 1. The van der Waals surface area contributed by atoms with Gasteiger partial charge >= 0.3 is 6.18 Å². The van der Waals surface area contributed by atoms with E-state index in [9.17, 15) is 18.0 Å². The van der Waals surface area contributed by atoms with Crippen LogP contribution in [0.1, 0.15) is 54.3 Å². The minimum atomic E-state index is -4.54. The minimum absolute atomic E-state index is 0.0129. The molecule has 10 heteroatoms. The predicted octanol–water partition coefficient (Wildman–Crippen LogP) is 5.72. The van der Waals surface area contributed by atoms with Gasteiger partial charge in [-0.25, -0.2) is 4.68 Å². The molecule has 0 bridgehead atoms. The average Bonchev–Trinajstić information content (AvgIpc) is 3.04. The molecular weight excluding hydrogens is 440 g/mol. The number of nitrogens with one attached hydrogen (secondary N) is 1. The molecule has 0 unspecified atom stereocenters. The number of likely N-dealkylation sites (tertiary alicyclic amines) is 1. The van der Waals surface area contributed by atoms with Gasteiger partial charge in [0.25, 0.3) is 5.91 Å². The van der Waals surface area contributed by atoms with E-state index in [0.29, 0.717) is 29.6 Å². The second-order valence-electron chi connectivity index (χ2n) is 7.97. The topological polar surface area (TPSA) is 50.2 Å². The number of hydrogen-bond acceptors (Lipinski definition) is 3. The van der Waals surface area contributed by atoms with Crippen LogP contribution in [0.25, 0.3) is 0 Å². The summed E-state index contributed by atoms with van der Waals surface area (Å²) in [4.78, 5) is 14.5. The molecule has 2 aliphatic rings. The van der Waals surface area contributed by atoms with Crippen LogP contribution in [-0.2, 0) is 0 Å². The Morgan fingerprint density at radius 2 is 1.80 bits per heavy atom. The maximum absolute atomic E-state index is 13.9. The van der Waals surface area contributed by atoms with E-state index in [4.69, 9.17) is 23.2 Å². The maximum atomic E-state index is 13.9. The number of carbonyl (C=O) groups is 1. The largest absolute Gasteiger partial charge is 0.410 e. The number of hydrogen-bond donors (Lipinski definition) is 1. The van der Waals surface area contributed by atoms with Gasteiger partial charge in [0.15, 0.2) is 11.7 Å². The second kappa shape index (κ2) is 7.96. The Balaban J connectivity index is 1.69. The van der Waals surface area contributed by atoms with Gasteiger partial charge in [0.2, 0.25) is 0 Å². The molecule has 5 nitrogen and oxygen atoms in total. The molecule has 1 amide bonds. The summed E-state index contributed by atoms with van der Waals surface area (Å²) >= 11 is 12.3. The number of carbonyl (C=O) groups excluding carboxylic acids is 1. The lowest BCUT2D eigenvalue weighted by atomic mass is 9.97. The highest BCUT2D eigenvalue weighted by molar-refractivity contribution is 6.36. The van der Waals surface area contributed by atoms with Gasteiger partial charge in [-0.1, -0.05) is 42.3 Å². The van der Waals surface area contributed by atoms with Gasteiger partial charge in [0, 0.05) is 24.5 Å². The van der Waals surface area contributed by atoms with Gasteiger partial charge in [-0.05, 0) is 36.5 Å². The van der Waals surface area contributed by atoms with E-state index >= 15 is 0 Å². The number of amides is 1. The van der Waals surface area contributed by atoms with Crippen LogP contribution in [0.2, 0.25) is 10.0 Å². The smallest absolute Gasteiger partial charge is 0.362 e. The van der Waals surface area contributed by atoms with Gasteiger partial charge < -0.3 is 10.2 Å². The fourth-order valence-electron chi connectivity index (χ4n) is 4.00. The Morgan fingerprint density at radius 1 is 1.17 bits per heavy atom. The molecule has 0 saturated carbocycles. The van der Waals surface area contributed by atoms with Crippen molar-refractivity contribution in [3.63, 3.8) is 0 Å². The fraction of sp³-hybridized carbons (Fsp3) is 0.500. The molecular formula is C20H21Cl2F3N4O. The number of rotatable bonds is 2. The standard InChI is InChI=1S/C20H21Cl2F3N4O/c1-11-6-8-28(9-7-11)19(30)17-16(22)18-26-14(12-2-4-13(21)5-3-12)10-15(20(23,24)25)29(18)27-17/h2-5,11,14-15,26H,6-10H2,1H3/t14-,15+/m1/s1. The Hall–Kier alpha value is -1.93. The minimum Gasteiger partial charge on any atom is -0.362 e. The summed E-state index contributed by atoms with van der Waals surface area (Å²) in [6.45, 7) is 3.20. The van der Waals surface area contributed by atoms with Crippen molar-refractivity contribution in [2.45, 2.75) is 44.4 Å². The summed E-state index contributed by atoms with van der Waals surface area (Å²) in [5.41, 5.74) is 0.509. The van der Waals surface area contributed by atoms with Crippen LogP contribution in [0.5, 0.6) is 0 Å². The van der Waals surface area contributed by atoms with Crippen molar-refractivity contribution >= 4 is 34.9 Å². The number of nitrogens with zero attached hydrogens (tertiary/aromatic N) is 3. The van der Waals surface area contributed by atoms with Crippen molar-refractivity contribution < 1.29 is 18.0 Å². The van der Waals surface area contributed by atoms with E-state index < -0.39 is 24.2 Å². The number of piperidine rings is 1. The van der Waals surface area contributed by atoms with Gasteiger partial charge in [0.05, 0.1) is 6.04 Å². The predicted molar refractivity (Wildman–Crippen MR) is 109 cm³/mol. The monoisotopic (exact) mass is 460 g/mol. The first-order valence-corrected chi connectivity index (χ1v) is 10.6. The normalized spacial score (nSPS) is 22.5. The molecule has 0 spiro atoms. The Morgan fingerprint density at radius 3 is 2.40 bits per heavy atom. The fourth-order valence-corrected chi connectivity index (χ4v) is 4.39. The van der Waals surface area contributed by atoms with Crippen LogP contribution < -0.4 is 5.32 Å². The lowest BCUT2D eigenvalue weighted by molar-refractivity contribution is -0.173. The van der Waals surface area contributed by atoms with Crippen molar-refractivity contribution in [2.24, 2.45) is 5.92 Å². The van der Waals surface area contributed by atoms with Crippen LogP contribution in [0.3, 0.4) is 0 Å². The lowest BCUT2D eigenvalue weighted by Crippen LogP contribution is -2.38. The van der Waals surface area contributed by atoms with Gasteiger partial charge in [-0.2, -0.15) is 18.3 Å². The zero-order chi connectivity index (χ0) is 21.6. The Labute approximate surface area is 182 Å². The van der Waals surface area contributed by atoms with Crippen molar-refractivity contribution in [2.75, 3.05) is 18.4 Å². The summed E-state index contributed by atoms with van der Waals surface area (Å²) in [7, 11) is 0. The third kappa shape index (κ3) is 3.99. The van der Waals surface area contributed by atoms with Crippen LogP contribution >= 0.6 is 23.2 Å². The summed E-state index contributed by atoms with van der Waals surface area (Å²) in [6.07, 6.45) is -3.12. The molecule has 1 aromatic carbocycles. The van der Waals surface area contributed by atoms with Gasteiger partial charge in [-0.3, -0.25) is 4.79 Å². The molecule has 1 saturated heterocycles. The first kappa shape index (κ1) is 21.3. The quantitative estimate of drug-likeness (QED) is 0.622. The second-order valence-corrected chi connectivity index (χ2v) is 8.79. The zero-order valence-electron chi connectivity index (χ0n) is 16.2. The average molecular weight is 461 g/mol. The summed E-state index contributed by atoms with van der Waals surface area (Å²) in [5, 5.41) is 7.48. The van der Waals surface area contributed by atoms with Gasteiger partial charge in [0.1, 0.15) is 10.8 Å². The number of aromatic nitrogens is 2. The Bertz CT molecular complexity index is 937. The van der Waals surface area contributed by atoms with E-state index in [0.717, 1.165) is 17.5 Å². The highest BCUT2D eigenvalue weighted by Crippen LogP contribution is 2.46. The highest BCUT2D eigenvalue weighted by atomic mass is 35.5. The van der Waals surface area contributed by atoms with Crippen LogP contribution in [0.15, 0.2) is 24.3 Å². The van der Waals surface area contributed by atoms with Crippen LogP contribution in [-0.4, -0.2) is 39.9 Å². The summed E-state index contributed by atoms with van der Waals surface area (Å²) in [6, 6.07) is 4.06. The molecule has 1 N–H and O–H groups in total. The van der Waals surface area contributed by atoms with E-state index in [1.807, 2.05) is 0 Å². The third-order valence-corrected chi connectivity index (χ3v) is 6.45. The maximum Gasteiger partial charge on any atom is 0.410 e. The highest BCUT2D eigenvalue weighted by Gasteiger charge is 2.48. The number of benzene rings is 1. The molecule has 30 heavy (non-hydrogen) atoms. The summed E-state index contributed by atoms with van der Waals surface area (Å²) in [5.74, 6) is 0.0922. The van der Waals surface area contributed by atoms with E-state index in [1.54, 1.807) is 29.2 Å². The molecule has 1 fully saturated rings.